The molecule has 108 valence electrons. The van der Waals surface area contributed by atoms with Crippen LogP contribution in [0.1, 0.15) is 44.9 Å². The topological polar surface area (TPSA) is 62.8 Å². The molecule has 0 spiro atoms. The summed E-state index contributed by atoms with van der Waals surface area (Å²) in [4.78, 5) is 8.36. The molecule has 0 aliphatic heterocycles. The molecule has 1 N–H and O–H groups in total. The molecular formula is C15H20N2O2S. The summed E-state index contributed by atoms with van der Waals surface area (Å²) in [5, 5.41) is 0. The van der Waals surface area contributed by atoms with Gasteiger partial charge in [-0.25, -0.2) is 13.4 Å². The second-order valence-electron chi connectivity index (χ2n) is 5.85. The van der Waals surface area contributed by atoms with Crippen LogP contribution in [-0.2, 0) is 15.3 Å². The molecule has 5 heteroatoms. The van der Waals surface area contributed by atoms with Crippen molar-refractivity contribution in [1.82, 2.24) is 9.97 Å². The molecule has 0 amide bonds. The van der Waals surface area contributed by atoms with E-state index in [1.807, 2.05) is 6.07 Å². The summed E-state index contributed by atoms with van der Waals surface area (Å²) in [5.41, 5.74) is 1.51. The Hall–Kier alpha value is -1.36. The van der Waals surface area contributed by atoms with Crippen LogP contribution in [0.4, 0.5) is 0 Å². The molecule has 1 aromatic heterocycles. The van der Waals surface area contributed by atoms with Crippen LogP contribution in [0, 0.1) is 0 Å². The highest BCUT2D eigenvalue weighted by Crippen LogP contribution is 2.43. The third kappa shape index (κ3) is 2.04. The minimum Gasteiger partial charge on any atom is -0.341 e. The van der Waals surface area contributed by atoms with E-state index in [4.69, 9.17) is 0 Å². The van der Waals surface area contributed by atoms with Gasteiger partial charge in [0.05, 0.1) is 10.4 Å². The number of sulfone groups is 1. The average molecular weight is 292 g/mol. The molecule has 1 saturated carbocycles. The fourth-order valence-electron chi connectivity index (χ4n) is 3.37. The van der Waals surface area contributed by atoms with E-state index in [1.54, 1.807) is 12.1 Å². The summed E-state index contributed by atoms with van der Waals surface area (Å²) >= 11 is 0. The lowest BCUT2D eigenvalue weighted by atomic mass is 9.83. The van der Waals surface area contributed by atoms with Gasteiger partial charge >= 0.3 is 0 Å². The van der Waals surface area contributed by atoms with Crippen LogP contribution in [0.5, 0.6) is 0 Å². The number of hydrogen-bond donors (Lipinski definition) is 1. The highest BCUT2D eigenvalue weighted by molar-refractivity contribution is 7.91. The Labute approximate surface area is 119 Å². The highest BCUT2D eigenvalue weighted by Gasteiger charge is 2.37. The number of nitrogens with one attached hydrogen (secondary N) is 1. The number of imidazole rings is 1. The second kappa shape index (κ2) is 4.58. The van der Waals surface area contributed by atoms with E-state index in [-0.39, 0.29) is 5.41 Å². The number of aromatic amines is 1. The fourth-order valence-corrected chi connectivity index (χ4v) is 4.20. The van der Waals surface area contributed by atoms with Crippen molar-refractivity contribution in [3.05, 3.63) is 24.0 Å². The molecule has 1 aromatic carbocycles. The Kier molecular flexibility index (Phi) is 3.12. The quantitative estimate of drug-likeness (QED) is 0.945. The van der Waals surface area contributed by atoms with E-state index < -0.39 is 9.84 Å². The first-order valence-electron chi connectivity index (χ1n) is 7.15. The molecule has 4 nitrogen and oxygen atoms in total. The second-order valence-corrected chi connectivity index (χ2v) is 7.84. The van der Waals surface area contributed by atoms with Crippen LogP contribution >= 0.6 is 0 Å². The summed E-state index contributed by atoms with van der Waals surface area (Å²) < 4.78 is 23.7. The minimum atomic E-state index is -3.25. The Morgan fingerprint density at radius 3 is 2.60 bits per heavy atom. The number of hydrogen-bond acceptors (Lipinski definition) is 3. The van der Waals surface area contributed by atoms with Gasteiger partial charge in [0.15, 0.2) is 9.84 Å². The van der Waals surface area contributed by atoms with E-state index in [2.05, 4.69) is 16.9 Å². The molecule has 0 bridgehead atoms. The minimum absolute atomic E-state index is 0.105. The van der Waals surface area contributed by atoms with E-state index in [1.165, 1.54) is 19.1 Å². The van der Waals surface area contributed by atoms with Gasteiger partial charge in [-0.1, -0.05) is 25.8 Å². The maximum absolute atomic E-state index is 11.9. The number of nitrogens with zero attached hydrogens (tertiary/aromatic N) is 1. The number of H-pyrrole nitrogens is 1. The largest absolute Gasteiger partial charge is 0.341 e. The number of benzene rings is 1. The first-order chi connectivity index (χ1) is 9.46. The van der Waals surface area contributed by atoms with E-state index >= 15 is 0 Å². The molecule has 1 fully saturated rings. The third-order valence-electron chi connectivity index (χ3n) is 4.61. The summed E-state index contributed by atoms with van der Waals surface area (Å²) in [5.74, 6) is 0.962. The van der Waals surface area contributed by atoms with Crippen LogP contribution in [0.3, 0.4) is 0 Å². The standard InChI is InChI=1S/C15H20N2O2S/c1-3-15(9-4-5-10-15)14-16-11-7-6-8-12(13(11)17-14)20(2,18)19/h6-8H,3-5,9-10H2,1-2H3,(H,16,17). The normalized spacial score (nSPS) is 18.7. The maximum Gasteiger partial charge on any atom is 0.177 e. The molecule has 1 aliphatic carbocycles. The lowest BCUT2D eigenvalue weighted by molar-refractivity contribution is 0.403. The Morgan fingerprint density at radius 1 is 1.30 bits per heavy atom. The third-order valence-corrected chi connectivity index (χ3v) is 5.74. The fraction of sp³-hybridized carbons (Fsp3) is 0.533. The highest BCUT2D eigenvalue weighted by atomic mass is 32.2. The maximum atomic E-state index is 11.9. The van der Waals surface area contributed by atoms with Crippen molar-refractivity contribution < 1.29 is 8.42 Å². The van der Waals surface area contributed by atoms with Gasteiger partial charge in [0, 0.05) is 11.7 Å². The van der Waals surface area contributed by atoms with Gasteiger partial charge in [0.1, 0.15) is 11.3 Å². The van der Waals surface area contributed by atoms with Gasteiger partial charge in [-0.2, -0.15) is 0 Å². The Morgan fingerprint density at radius 2 is 2.00 bits per heavy atom. The Balaban J connectivity index is 2.21. The van der Waals surface area contributed by atoms with Crippen LogP contribution < -0.4 is 0 Å². The van der Waals surface area contributed by atoms with E-state index in [0.29, 0.717) is 10.4 Å². The number of fused-ring (bicyclic) bond motifs is 1. The Bertz CT molecular complexity index is 740. The summed E-state index contributed by atoms with van der Waals surface area (Å²) in [7, 11) is -3.25. The van der Waals surface area contributed by atoms with Gasteiger partial charge in [-0.3, -0.25) is 0 Å². The summed E-state index contributed by atoms with van der Waals surface area (Å²) in [6, 6.07) is 5.31. The molecule has 2 aromatic rings. The monoisotopic (exact) mass is 292 g/mol. The van der Waals surface area contributed by atoms with Crippen molar-refractivity contribution in [3.63, 3.8) is 0 Å². The van der Waals surface area contributed by atoms with Crippen molar-refractivity contribution in [2.24, 2.45) is 0 Å². The van der Waals surface area contributed by atoms with Crippen molar-refractivity contribution in [2.75, 3.05) is 6.26 Å². The predicted octanol–water partition coefficient (Wildman–Crippen LogP) is 3.19. The lowest BCUT2D eigenvalue weighted by Crippen LogP contribution is -2.22. The molecule has 0 radical (unpaired) electrons. The first kappa shape index (κ1) is 13.6. The first-order valence-corrected chi connectivity index (χ1v) is 9.05. The van der Waals surface area contributed by atoms with Gasteiger partial charge in [0.2, 0.25) is 0 Å². The zero-order chi connectivity index (χ0) is 14.4. The molecule has 1 aliphatic rings. The van der Waals surface area contributed by atoms with Gasteiger partial charge in [-0.05, 0) is 31.4 Å². The van der Waals surface area contributed by atoms with E-state index in [9.17, 15) is 8.42 Å². The molecule has 0 saturated heterocycles. The molecule has 0 unspecified atom stereocenters. The summed E-state index contributed by atoms with van der Waals surface area (Å²) in [6.07, 6.45) is 7.00. The van der Waals surface area contributed by atoms with Crippen LogP contribution in [0.25, 0.3) is 11.0 Å². The van der Waals surface area contributed by atoms with E-state index in [0.717, 1.165) is 30.6 Å². The molecule has 3 rings (SSSR count). The zero-order valence-corrected chi connectivity index (χ0v) is 12.8. The number of para-hydroxylation sites is 1. The smallest absolute Gasteiger partial charge is 0.177 e. The molecule has 20 heavy (non-hydrogen) atoms. The number of rotatable bonds is 3. The molecule has 1 heterocycles. The van der Waals surface area contributed by atoms with Gasteiger partial charge in [0.25, 0.3) is 0 Å². The van der Waals surface area contributed by atoms with Crippen LogP contribution in [0.15, 0.2) is 23.1 Å². The lowest BCUT2D eigenvalue weighted by Gasteiger charge is -2.24. The van der Waals surface area contributed by atoms with Crippen molar-refractivity contribution in [1.29, 1.82) is 0 Å². The van der Waals surface area contributed by atoms with Crippen molar-refractivity contribution in [3.8, 4) is 0 Å². The van der Waals surface area contributed by atoms with Gasteiger partial charge < -0.3 is 4.98 Å². The predicted molar refractivity (Wildman–Crippen MR) is 79.6 cm³/mol. The molecule has 0 atom stereocenters. The summed E-state index contributed by atoms with van der Waals surface area (Å²) in [6.45, 7) is 2.19. The molecular weight excluding hydrogens is 272 g/mol. The number of aromatic nitrogens is 2. The average Bonchev–Trinajstić information content (AvgIpc) is 3.04. The van der Waals surface area contributed by atoms with Crippen molar-refractivity contribution >= 4 is 20.9 Å². The SMILES string of the molecule is CCC1(c2nc3c(S(C)(=O)=O)cccc3[nH]2)CCCC1. The van der Waals surface area contributed by atoms with Crippen LogP contribution in [0.2, 0.25) is 0 Å². The van der Waals surface area contributed by atoms with Gasteiger partial charge in [-0.15, -0.1) is 0 Å². The van der Waals surface area contributed by atoms with Crippen molar-refractivity contribution in [2.45, 2.75) is 49.3 Å². The van der Waals surface area contributed by atoms with Crippen LogP contribution in [-0.4, -0.2) is 24.6 Å². The zero-order valence-electron chi connectivity index (χ0n) is 11.9.